The molecule has 0 saturated heterocycles. The van der Waals surface area contributed by atoms with Crippen LogP contribution >= 0.6 is 17.0 Å². The second-order valence-electron chi connectivity index (χ2n) is 7.35. The number of methoxy groups -OCH3 is 1. The number of aryl methyl sites for hydroxylation is 2. The SMILES string of the molecule is Br.COC1(C)CC(N=C(N)Nc2ccc3c(c2)CCC3)C1(C)C. The summed E-state index contributed by atoms with van der Waals surface area (Å²) in [6, 6.07) is 6.69. The van der Waals surface area contributed by atoms with Crippen LogP contribution in [0.2, 0.25) is 0 Å². The zero-order valence-corrected chi connectivity index (χ0v) is 16.2. The van der Waals surface area contributed by atoms with Gasteiger partial charge in [-0.05, 0) is 55.9 Å². The van der Waals surface area contributed by atoms with Crippen molar-refractivity contribution < 1.29 is 4.74 Å². The standard InChI is InChI=1S/C18H27N3O.BrH/c1-17(2)15(11-18(17,3)22-4)21-16(19)20-14-9-8-12-6-5-7-13(12)10-14;/h8-10,15H,5-7,11H2,1-4H3,(H3,19,20,21);1H. The molecule has 2 aliphatic rings. The van der Waals surface area contributed by atoms with Gasteiger partial charge in [0.15, 0.2) is 5.96 Å². The lowest BCUT2D eigenvalue weighted by Crippen LogP contribution is -2.62. The molecule has 1 aromatic rings. The second-order valence-corrected chi connectivity index (χ2v) is 7.35. The minimum atomic E-state index is -0.116. The molecule has 2 aliphatic carbocycles. The molecule has 0 amide bonds. The molecule has 1 saturated carbocycles. The first-order valence-corrected chi connectivity index (χ1v) is 8.13. The molecule has 23 heavy (non-hydrogen) atoms. The van der Waals surface area contributed by atoms with Gasteiger partial charge in [0, 0.05) is 18.2 Å². The minimum Gasteiger partial charge on any atom is -0.378 e. The van der Waals surface area contributed by atoms with Gasteiger partial charge >= 0.3 is 0 Å². The number of fused-ring (bicyclic) bond motifs is 1. The first-order valence-electron chi connectivity index (χ1n) is 8.13. The van der Waals surface area contributed by atoms with Crippen LogP contribution in [0, 0.1) is 5.41 Å². The van der Waals surface area contributed by atoms with Gasteiger partial charge in [-0.3, -0.25) is 0 Å². The molecule has 0 heterocycles. The summed E-state index contributed by atoms with van der Waals surface area (Å²) in [7, 11) is 1.77. The third kappa shape index (κ3) is 3.13. The highest BCUT2D eigenvalue weighted by molar-refractivity contribution is 8.93. The summed E-state index contributed by atoms with van der Waals surface area (Å²) >= 11 is 0. The summed E-state index contributed by atoms with van der Waals surface area (Å²) in [4.78, 5) is 4.67. The Kier molecular flexibility index (Phi) is 5.12. The van der Waals surface area contributed by atoms with Crippen LogP contribution in [0.25, 0.3) is 0 Å². The molecule has 0 aromatic heterocycles. The maximum atomic E-state index is 6.11. The molecule has 0 aliphatic heterocycles. The lowest BCUT2D eigenvalue weighted by Gasteiger charge is -2.57. The molecule has 1 fully saturated rings. The monoisotopic (exact) mass is 381 g/mol. The first kappa shape index (κ1) is 18.3. The molecule has 5 heteroatoms. The van der Waals surface area contributed by atoms with E-state index in [2.05, 4.69) is 49.3 Å². The molecule has 2 unspecified atom stereocenters. The number of hydrogen-bond donors (Lipinski definition) is 2. The molecular weight excluding hydrogens is 354 g/mol. The van der Waals surface area contributed by atoms with E-state index in [4.69, 9.17) is 10.5 Å². The predicted octanol–water partition coefficient (Wildman–Crippen LogP) is 3.68. The van der Waals surface area contributed by atoms with Gasteiger partial charge in [-0.2, -0.15) is 0 Å². The molecule has 0 radical (unpaired) electrons. The van der Waals surface area contributed by atoms with Crippen molar-refractivity contribution in [2.24, 2.45) is 16.1 Å². The molecule has 2 atom stereocenters. The second kappa shape index (κ2) is 6.44. The number of nitrogens with two attached hydrogens (primary N) is 1. The number of halogens is 1. The van der Waals surface area contributed by atoms with E-state index in [1.54, 1.807) is 7.11 Å². The average molecular weight is 382 g/mol. The highest BCUT2D eigenvalue weighted by Crippen LogP contribution is 2.53. The Labute approximate surface area is 149 Å². The van der Waals surface area contributed by atoms with Crippen LogP contribution in [0.4, 0.5) is 5.69 Å². The fourth-order valence-electron chi connectivity index (χ4n) is 3.66. The average Bonchev–Trinajstić information content (AvgIpc) is 2.94. The van der Waals surface area contributed by atoms with E-state index in [1.807, 2.05) is 0 Å². The zero-order chi connectivity index (χ0) is 16.0. The van der Waals surface area contributed by atoms with Crippen molar-refractivity contribution in [3.05, 3.63) is 29.3 Å². The van der Waals surface area contributed by atoms with Gasteiger partial charge < -0.3 is 15.8 Å². The fourth-order valence-corrected chi connectivity index (χ4v) is 3.66. The zero-order valence-electron chi connectivity index (χ0n) is 14.5. The van der Waals surface area contributed by atoms with E-state index in [-0.39, 0.29) is 34.0 Å². The highest BCUT2D eigenvalue weighted by atomic mass is 79.9. The van der Waals surface area contributed by atoms with Gasteiger partial charge in [-0.1, -0.05) is 19.9 Å². The summed E-state index contributed by atoms with van der Waals surface area (Å²) in [5, 5.41) is 3.24. The number of rotatable bonds is 3. The number of hydrogen-bond acceptors (Lipinski definition) is 2. The van der Waals surface area contributed by atoms with E-state index in [9.17, 15) is 0 Å². The summed E-state index contributed by atoms with van der Waals surface area (Å²) in [6.45, 7) is 6.52. The number of anilines is 1. The molecule has 4 nitrogen and oxygen atoms in total. The van der Waals surface area contributed by atoms with E-state index in [1.165, 1.54) is 30.4 Å². The largest absolute Gasteiger partial charge is 0.378 e. The molecule has 1 aromatic carbocycles. The van der Waals surface area contributed by atoms with Crippen LogP contribution in [0.3, 0.4) is 0 Å². The van der Waals surface area contributed by atoms with Crippen LogP contribution < -0.4 is 11.1 Å². The Morgan fingerprint density at radius 1 is 1.26 bits per heavy atom. The number of nitrogens with zero attached hydrogens (tertiary/aromatic N) is 1. The van der Waals surface area contributed by atoms with Gasteiger partial charge in [0.1, 0.15) is 0 Å². The van der Waals surface area contributed by atoms with Crippen molar-refractivity contribution in [1.82, 2.24) is 0 Å². The summed E-state index contributed by atoms with van der Waals surface area (Å²) in [5.74, 6) is 0.495. The molecule has 0 spiro atoms. The van der Waals surface area contributed by atoms with Crippen molar-refractivity contribution in [3.8, 4) is 0 Å². The quantitative estimate of drug-likeness (QED) is 0.619. The van der Waals surface area contributed by atoms with Crippen LogP contribution in [-0.2, 0) is 17.6 Å². The third-order valence-corrected chi connectivity index (χ3v) is 5.90. The van der Waals surface area contributed by atoms with Crippen molar-refractivity contribution in [2.75, 3.05) is 12.4 Å². The normalized spacial score (nSPS) is 28.5. The number of nitrogens with one attached hydrogen (secondary N) is 1. The lowest BCUT2D eigenvalue weighted by atomic mass is 9.56. The molecular formula is C18H28BrN3O. The first-order chi connectivity index (χ1) is 10.4. The van der Waals surface area contributed by atoms with Gasteiger partial charge in [-0.15, -0.1) is 17.0 Å². The predicted molar refractivity (Wildman–Crippen MR) is 102 cm³/mol. The van der Waals surface area contributed by atoms with Gasteiger partial charge in [0.25, 0.3) is 0 Å². The van der Waals surface area contributed by atoms with Crippen molar-refractivity contribution in [3.63, 3.8) is 0 Å². The van der Waals surface area contributed by atoms with E-state index < -0.39 is 0 Å². The molecule has 0 bridgehead atoms. The number of aliphatic imine (C=N–C) groups is 1. The Balaban J connectivity index is 0.00000192. The Hall–Kier alpha value is -1.07. The third-order valence-electron chi connectivity index (χ3n) is 5.90. The van der Waals surface area contributed by atoms with Crippen LogP contribution in [-0.4, -0.2) is 24.7 Å². The summed E-state index contributed by atoms with van der Waals surface area (Å²) in [5.41, 5.74) is 9.93. The smallest absolute Gasteiger partial charge is 0.193 e. The van der Waals surface area contributed by atoms with Crippen molar-refractivity contribution >= 4 is 28.6 Å². The summed E-state index contributed by atoms with van der Waals surface area (Å²) in [6.07, 6.45) is 4.53. The minimum absolute atomic E-state index is 0. The topological polar surface area (TPSA) is 59.6 Å². The fraction of sp³-hybridized carbons (Fsp3) is 0.611. The van der Waals surface area contributed by atoms with Crippen molar-refractivity contribution in [2.45, 2.75) is 58.1 Å². The number of guanidine groups is 1. The molecule has 3 rings (SSSR count). The van der Waals surface area contributed by atoms with E-state index in [0.29, 0.717) is 5.96 Å². The lowest BCUT2D eigenvalue weighted by molar-refractivity contribution is -0.171. The maximum Gasteiger partial charge on any atom is 0.193 e. The highest BCUT2D eigenvalue weighted by Gasteiger charge is 2.58. The Bertz CT molecular complexity index is 614. The van der Waals surface area contributed by atoms with E-state index >= 15 is 0 Å². The Morgan fingerprint density at radius 2 is 1.96 bits per heavy atom. The van der Waals surface area contributed by atoms with E-state index in [0.717, 1.165) is 12.1 Å². The van der Waals surface area contributed by atoms with Gasteiger partial charge in [0.2, 0.25) is 0 Å². The summed E-state index contributed by atoms with van der Waals surface area (Å²) < 4.78 is 5.64. The number of ether oxygens (including phenoxy) is 1. The van der Waals surface area contributed by atoms with Crippen molar-refractivity contribution in [1.29, 1.82) is 0 Å². The molecule has 3 N–H and O–H groups in total. The molecule has 128 valence electrons. The van der Waals surface area contributed by atoms with Crippen LogP contribution in [0.15, 0.2) is 23.2 Å². The Morgan fingerprint density at radius 3 is 2.61 bits per heavy atom. The van der Waals surface area contributed by atoms with Gasteiger partial charge in [-0.25, -0.2) is 4.99 Å². The van der Waals surface area contributed by atoms with Crippen LogP contribution in [0.1, 0.15) is 44.7 Å². The van der Waals surface area contributed by atoms with Crippen LogP contribution in [0.5, 0.6) is 0 Å². The maximum absolute atomic E-state index is 6.11. The number of benzene rings is 1. The van der Waals surface area contributed by atoms with Gasteiger partial charge in [0.05, 0.1) is 11.6 Å².